The number of carbonyl (C=O) groups excluding carboxylic acids is 2. The molecule has 0 bridgehead atoms. The van der Waals surface area contributed by atoms with Crippen LogP contribution in [0.25, 0.3) is 5.69 Å². The molecule has 1 saturated heterocycles. The second kappa shape index (κ2) is 8.98. The average molecular weight is 389 g/mol. The number of thioether (sulfide) groups is 1. The monoisotopic (exact) mass is 389 g/mol. The fourth-order valence-electron chi connectivity index (χ4n) is 2.91. The van der Waals surface area contributed by atoms with Crippen molar-refractivity contribution in [3.8, 4) is 5.69 Å². The summed E-state index contributed by atoms with van der Waals surface area (Å²) in [5, 5.41) is 12.2. The first-order valence-electron chi connectivity index (χ1n) is 8.97. The third-order valence-corrected chi connectivity index (χ3v) is 5.31. The zero-order chi connectivity index (χ0) is 19.2. The number of tetrazole rings is 1. The molecule has 2 heterocycles. The Hall–Kier alpha value is -2.42. The van der Waals surface area contributed by atoms with Crippen LogP contribution >= 0.6 is 11.8 Å². The van der Waals surface area contributed by atoms with Gasteiger partial charge in [0.05, 0.1) is 11.4 Å². The van der Waals surface area contributed by atoms with E-state index in [1.165, 1.54) is 11.8 Å². The first kappa shape index (κ1) is 19.3. The van der Waals surface area contributed by atoms with E-state index in [9.17, 15) is 9.59 Å². The van der Waals surface area contributed by atoms with Crippen LogP contribution in [0.1, 0.15) is 30.4 Å². The van der Waals surface area contributed by atoms with Crippen LogP contribution in [0.5, 0.6) is 0 Å². The highest BCUT2D eigenvalue weighted by atomic mass is 32.2. The molecule has 0 N–H and O–H groups in total. The van der Waals surface area contributed by atoms with Gasteiger partial charge in [-0.05, 0) is 60.7 Å². The standard InChI is InChI=1S/C18H23N5O3S/c1-13-6-7-14(2)15(10-13)23-18(19-20-21-23)27-12-17(25)26-11-16(24)22-8-4-3-5-9-22/h6-7,10H,3-5,8-9,11-12H2,1-2H3. The Morgan fingerprint density at radius 1 is 1.19 bits per heavy atom. The van der Waals surface area contributed by atoms with E-state index >= 15 is 0 Å². The van der Waals surface area contributed by atoms with E-state index in [0.29, 0.717) is 5.16 Å². The van der Waals surface area contributed by atoms with Crippen LogP contribution in [0.15, 0.2) is 23.4 Å². The van der Waals surface area contributed by atoms with E-state index < -0.39 is 5.97 Å². The van der Waals surface area contributed by atoms with Crippen LogP contribution in [0.4, 0.5) is 0 Å². The quantitative estimate of drug-likeness (QED) is 0.551. The molecule has 1 fully saturated rings. The zero-order valence-corrected chi connectivity index (χ0v) is 16.4. The largest absolute Gasteiger partial charge is 0.455 e. The van der Waals surface area contributed by atoms with Gasteiger partial charge in [-0.2, -0.15) is 4.68 Å². The number of rotatable bonds is 6. The molecule has 0 saturated carbocycles. The van der Waals surface area contributed by atoms with Crippen molar-refractivity contribution in [1.29, 1.82) is 0 Å². The molecular formula is C18H23N5O3S. The van der Waals surface area contributed by atoms with Gasteiger partial charge in [0, 0.05) is 13.1 Å². The SMILES string of the molecule is Cc1ccc(C)c(-n2nnnc2SCC(=O)OCC(=O)N2CCCCC2)c1. The Labute approximate surface area is 162 Å². The van der Waals surface area contributed by atoms with Crippen LogP contribution in [0.3, 0.4) is 0 Å². The van der Waals surface area contributed by atoms with Crippen molar-refractivity contribution in [1.82, 2.24) is 25.1 Å². The molecule has 2 aromatic rings. The normalized spacial score (nSPS) is 14.2. The maximum absolute atomic E-state index is 12.0. The Balaban J connectivity index is 1.53. The molecule has 0 aliphatic carbocycles. The number of hydrogen-bond donors (Lipinski definition) is 0. The lowest BCUT2D eigenvalue weighted by Gasteiger charge is -2.26. The van der Waals surface area contributed by atoms with E-state index in [1.54, 1.807) is 9.58 Å². The van der Waals surface area contributed by atoms with Gasteiger partial charge < -0.3 is 9.64 Å². The third-order valence-electron chi connectivity index (χ3n) is 4.42. The maximum Gasteiger partial charge on any atom is 0.316 e. The van der Waals surface area contributed by atoms with Crippen LogP contribution < -0.4 is 0 Å². The first-order chi connectivity index (χ1) is 13.0. The van der Waals surface area contributed by atoms with Gasteiger partial charge >= 0.3 is 5.97 Å². The van der Waals surface area contributed by atoms with E-state index in [1.807, 2.05) is 32.0 Å². The number of piperidine rings is 1. The molecule has 1 aromatic heterocycles. The lowest BCUT2D eigenvalue weighted by Crippen LogP contribution is -2.38. The number of amides is 1. The van der Waals surface area contributed by atoms with E-state index in [2.05, 4.69) is 15.5 Å². The molecule has 144 valence electrons. The molecule has 8 nitrogen and oxygen atoms in total. The van der Waals surface area contributed by atoms with Gasteiger partial charge in [-0.25, -0.2) is 0 Å². The van der Waals surface area contributed by atoms with Gasteiger partial charge in [0.15, 0.2) is 6.61 Å². The van der Waals surface area contributed by atoms with E-state index in [-0.39, 0.29) is 18.3 Å². The number of ether oxygens (including phenoxy) is 1. The smallest absolute Gasteiger partial charge is 0.316 e. The molecule has 1 aromatic carbocycles. The number of aromatic nitrogens is 4. The van der Waals surface area contributed by atoms with Gasteiger partial charge in [0.1, 0.15) is 0 Å². The summed E-state index contributed by atoms with van der Waals surface area (Å²) in [6.07, 6.45) is 3.17. The topological polar surface area (TPSA) is 90.2 Å². The molecular weight excluding hydrogens is 366 g/mol. The summed E-state index contributed by atoms with van der Waals surface area (Å²) >= 11 is 1.19. The summed E-state index contributed by atoms with van der Waals surface area (Å²) in [5.41, 5.74) is 3.00. The number of benzene rings is 1. The number of hydrogen-bond acceptors (Lipinski definition) is 7. The summed E-state index contributed by atoms with van der Waals surface area (Å²) in [6.45, 7) is 5.26. The number of nitrogens with zero attached hydrogens (tertiary/aromatic N) is 5. The summed E-state index contributed by atoms with van der Waals surface area (Å²) in [4.78, 5) is 25.8. The van der Waals surface area contributed by atoms with E-state index in [4.69, 9.17) is 4.74 Å². The molecule has 0 spiro atoms. The summed E-state index contributed by atoms with van der Waals surface area (Å²) in [6, 6.07) is 6.01. The number of carbonyl (C=O) groups is 2. The highest BCUT2D eigenvalue weighted by Crippen LogP contribution is 2.21. The van der Waals surface area contributed by atoms with Crippen LogP contribution in [-0.2, 0) is 14.3 Å². The van der Waals surface area contributed by atoms with Crippen molar-refractivity contribution in [2.75, 3.05) is 25.4 Å². The van der Waals surface area contributed by atoms with Crippen LogP contribution in [0, 0.1) is 13.8 Å². The Morgan fingerprint density at radius 3 is 2.74 bits per heavy atom. The minimum absolute atomic E-state index is 0.0402. The molecule has 3 rings (SSSR count). The fraction of sp³-hybridized carbons (Fsp3) is 0.500. The number of likely N-dealkylation sites (tertiary alicyclic amines) is 1. The Bertz CT molecular complexity index is 817. The Morgan fingerprint density at radius 2 is 1.96 bits per heavy atom. The highest BCUT2D eigenvalue weighted by Gasteiger charge is 2.19. The molecule has 9 heteroatoms. The third kappa shape index (κ3) is 5.06. The van der Waals surface area contributed by atoms with Crippen molar-refractivity contribution in [2.24, 2.45) is 0 Å². The number of esters is 1. The van der Waals surface area contributed by atoms with Gasteiger partial charge in [-0.1, -0.05) is 23.9 Å². The molecule has 27 heavy (non-hydrogen) atoms. The second-order valence-corrected chi connectivity index (χ2v) is 7.50. The van der Waals surface area contributed by atoms with Crippen molar-refractivity contribution >= 4 is 23.6 Å². The van der Waals surface area contributed by atoms with Crippen LogP contribution in [0.2, 0.25) is 0 Å². The molecule has 0 unspecified atom stereocenters. The van der Waals surface area contributed by atoms with Gasteiger partial charge in [-0.15, -0.1) is 5.10 Å². The summed E-state index contributed by atoms with van der Waals surface area (Å²) in [5.74, 6) is -0.549. The minimum Gasteiger partial charge on any atom is -0.455 e. The zero-order valence-electron chi connectivity index (χ0n) is 15.6. The lowest BCUT2D eigenvalue weighted by molar-refractivity contribution is -0.150. The lowest BCUT2D eigenvalue weighted by atomic mass is 10.1. The molecule has 1 aliphatic rings. The predicted octanol–water partition coefficient (Wildman–Crippen LogP) is 1.93. The molecule has 1 amide bonds. The average Bonchev–Trinajstić information content (AvgIpc) is 3.15. The van der Waals surface area contributed by atoms with Gasteiger partial charge in [0.25, 0.3) is 5.91 Å². The predicted molar refractivity (Wildman–Crippen MR) is 101 cm³/mol. The van der Waals surface area contributed by atoms with Crippen molar-refractivity contribution < 1.29 is 14.3 Å². The summed E-state index contributed by atoms with van der Waals surface area (Å²) < 4.78 is 6.73. The van der Waals surface area contributed by atoms with Gasteiger partial charge in [0.2, 0.25) is 5.16 Å². The maximum atomic E-state index is 12.0. The van der Waals surface area contributed by atoms with Crippen molar-refractivity contribution in [3.63, 3.8) is 0 Å². The first-order valence-corrected chi connectivity index (χ1v) is 9.95. The van der Waals surface area contributed by atoms with Crippen molar-refractivity contribution in [2.45, 2.75) is 38.3 Å². The summed E-state index contributed by atoms with van der Waals surface area (Å²) in [7, 11) is 0. The molecule has 0 atom stereocenters. The Kier molecular flexibility index (Phi) is 6.44. The minimum atomic E-state index is -0.458. The molecule has 0 radical (unpaired) electrons. The highest BCUT2D eigenvalue weighted by molar-refractivity contribution is 7.99. The van der Waals surface area contributed by atoms with Gasteiger partial charge in [-0.3, -0.25) is 9.59 Å². The number of aryl methyl sites for hydroxylation is 2. The fourth-order valence-corrected chi connectivity index (χ4v) is 3.59. The second-order valence-electron chi connectivity index (χ2n) is 6.55. The van der Waals surface area contributed by atoms with Crippen molar-refractivity contribution in [3.05, 3.63) is 29.3 Å². The van der Waals surface area contributed by atoms with E-state index in [0.717, 1.165) is 49.2 Å². The van der Waals surface area contributed by atoms with Crippen LogP contribution in [-0.4, -0.2) is 62.4 Å². The molecule has 1 aliphatic heterocycles.